The van der Waals surface area contributed by atoms with Gasteiger partial charge in [0.05, 0.1) is 6.10 Å². The van der Waals surface area contributed by atoms with E-state index in [-0.39, 0.29) is 6.10 Å². The molecule has 0 aliphatic heterocycles. The highest BCUT2D eigenvalue weighted by molar-refractivity contribution is 5.36. The quantitative estimate of drug-likeness (QED) is 0.603. The van der Waals surface area contributed by atoms with Gasteiger partial charge in [0.25, 0.3) is 0 Å². The SMILES string of the molecule is CCCCCC(O)/C=C/C#Cc1ccccc1. The number of rotatable bonds is 5. The van der Waals surface area contributed by atoms with Gasteiger partial charge >= 0.3 is 0 Å². The lowest BCUT2D eigenvalue weighted by atomic mass is 10.1. The number of aliphatic hydroxyl groups excluding tert-OH is 1. The number of unbranched alkanes of at least 4 members (excludes halogenated alkanes) is 2. The molecule has 90 valence electrons. The van der Waals surface area contributed by atoms with E-state index in [0.29, 0.717) is 0 Å². The van der Waals surface area contributed by atoms with Gasteiger partial charge in [0.1, 0.15) is 0 Å². The summed E-state index contributed by atoms with van der Waals surface area (Å²) < 4.78 is 0. The standard InChI is InChI=1S/C16H20O/c1-2-3-5-13-16(17)14-9-8-12-15-10-6-4-7-11-15/h4,6-7,9-11,14,16-17H,2-3,5,13H2,1H3/b14-9+. The number of allylic oxidation sites excluding steroid dienone is 1. The molecular weight excluding hydrogens is 208 g/mol. The van der Waals surface area contributed by atoms with Crippen molar-refractivity contribution in [2.75, 3.05) is 0 Å². The predicted octanol–water partition coefficient (Wildman–Crippen LogP) is 3.54. The maximum atomic E-state index is 9.62. The first-order chi connectivity index (χ1) is 8.33. The molecular formula is C16H20O. The topological polar surface area (TPSA) is 20.2 Å². The maximum absolute atomic E-state index is 9.62. The fourth-order valence-corrected chi connectivity index (χ4v) is 1.51. The van der Waals surface area contributed by atoms with Crippen LogP contribution in [0, 0.1) is 11.8 Å². The molecule has 0 bridgehead atoms. The van der Waals surface area contributed by atoms with Crippen molar-refractivity contribution in [2.24, 2.45) is 0 Å². The predicted molar refractivity (Wildman–Crippen MR) is 72.6 cm³/mol. The molecule has 1 aromatic rings. The number of benzene rings is 1. The smallest absolute Gasteiger partial charge is 0.0730 e. The van der Waals surface area contributed by atoms with Crippen LogP contribution in [-0.2, 0) is 0 Å². The minimum atomic E-state index is -0.355. The van der Waals surface area contributed by atoms with Crippen molar-refractivity contribution < 1.29 is 5.11 Å². The molecule has 0 aliphatic rings. The van der Waals surface area contributed by atoms with Crippen molar-refractivity contribution in [1.82, 2.24) is 0 Å². The molecule has 0 saturated carbocycles. The second-order valence-corrected chi connectivity index (χ2v) is 4.06. The average Bonchev–Trinajstić information content (AvgIpc) is 2.36. The molecule has 1 N–H and O–H groups in total. The molecule has 1 unspecified atom stereocenters. The van der Waals surface area contributed by atoms with Crippen molar-refractivity contribution in [1.29, 1.82) is 0 Å². The summed E-state index contributed by atoms with van der Waals surface area (Å²) in [7, 11) is 0. The van der Waals surface area contributed by atoms with Gasteiger partial charge in [-0.1, -0.05) is 56.2 Å². The van der Waals surface area contributed by atoms with Crippen molar-refractivity contribution in [2.45, 2.75) is 38.7 Å². The van der Waals surface area contributed by atoms with Gasteiger partial charge in [-0.25, -0.2) is 0 Å². The summed E-state index contributed by atoms with van der Waals surface area (Å²) >= 11 is 0. The molecule has 0 radical (unpaired) electrons. The van der Waals surface area contributed by atoms with Crippen LogP contribution in [0.5, 0.6) is 0 Å². The van der Waals surface area contributed by atoms with E-state index in [1.165, 1.54) is 12.8 Å². The Morgan fingerprint density at radius 2 is 2.00 bits per heavy atom. The Labute approximate surface area is 104 Å². The lowest BCUT2D eigenvalue weighted by molar-refractivity contribution is 0.208. The summed E-state index contributed by atoms with van der Waals surface area (Å²) in [6.45, 7) is 2.16. The molecule has 0 aromatic heterocycles. The molecule has 0 spiro atoms. The molecule has 0 fully saturated rings. The molecule has 0 amide bonds. The van der Waals surface area contributed by atoms with E-state index in [9.17, 15) is 5.11 Å². The van der Waals surface area contributed by atoms with Crippen LogP contribution >= 0.6 is 0 Å². The first kappa shape index (κ1) is 13.5. The van der Waals surface area contributed by atoms with Crippen molar-refractivity contribution in [3.63, 3.8) is 0 Å². The van der Waals surface area contributed by atoms with Crippen molar-refractivity contribution in [3.05, 3.63) is 48.0 Å². The van der Waals surface area contributed by atoms with E-state index in [0.717, 1.165) is 18.4 Å². The number of aliphatic hydroxyl groups is 1. The van der Waals surface area contributed by atoms with E-state index in [1.54, 1.807) is 12.2 Å². The van der Waals surface area contributed by atoms with Gasteiger partial charge in [-0.15, -0.1) is 0 Å². The number of hydrogen-bond acceptors (Lipinski definition) is 1. The molecule has 0 aliphatic carbocycles. The van der Waals surface area contributed by atoms with Crippen LogP contribution in [0.2, 0.25) is 0 Å². The molecule has 1 nitrogen and oxygen atoms in total. The van der Waals surface area contributed by atoms with Crippen LogP contribution in [0.1, 0.15) is 38.2 Å². The van der Waals surface area contributed by atoms with E-state index in [1.807, 2.05) is 30.3 Å². The Morgan fingerprint density at radius 3 is 2.71 bits per heavy atom. The van der Waals surface area contributed by atoms with Crippen LogP contribution in [0.15, 0.2) is 42.5 Å². The summed E-state index contributed by atoms with van der Waals surface area (Å²) in [5.41, 5.74) is 0.998. The summed E-state index contributed by atoms with van der Waals surface area (Å²) in [5.74, 6) is 5.95. The van der Waals surface area contributed by atoms with E-state index in [4.69, 9.17) is 0 Å². The normalized spacial score (nSPS) is 12.1. The molecule has 1 rings (SSSR count). The third-order valence-electron chi connectivity index (χ3n) is 2.50. The fourth-order valence-electron chi connectivity index (χ4n) is 1.51. The zero-order valence-electron chi connectivity index (χ0n) is 10.4. The van der Waals surface area contributed by atoms with Crippen LogP contribution in [0.3, 0.4) is 0 Å². The highest BCUT2D eigenvalue weighted by atomic mass is 16.3. The van der Waals surface area contributed by atoms with Crippen molar-refractivity contribution in [3.8, 4) is 11.8 Å². The van der Waals surface area contributed by atoms with E-state index in [2.05, 4.69) is 18.8 Å². The van der Waals surface area contributed by atoms with Crippen LogP contribution in [0.4, 0.5) is 0 Å². The third kappa shape index (κ3) is 6.60. The molecule has 1 heteroatoms. The Balaban J connectivity index is 2.32. The van der Waals surface area contributed by atoms with Gasteiger partial charge in [-0.05, 0) is 30.7 Å². The van der Waals surface area contributed by atoms with Gasteiger partial charge in [0.2, 0.25) is 0 Å². The molecule has 1 aromatic carbocycles. The largest absolute Gasteiger partial charge is 0.389 e. The van der Waals surface area contributed by atoms with Crippen LogP contribution in [-0.4, -0.2) is 11.2 Å². The first-order valence-electron chi connectivity index (χ1n) is 6.24. The van der Waals surface area contributed by atoms with E-state index < -0.39 is 0 Å². The summed E-state index contributed by atoms with van der Waals surface area (Å²) in [4.78, 5) is 0. The zero-order valence-corrected chi connectivity index (χ0v) is 10.4. The lowest BCUT2D eigenvalue weighted by Gasteiger charge is -2.02. The average molecular weight is 228 g/mol. The minimum absolute atomic E-state index is 0.355. The van der Waals surface area contributed by atoms with Crippen LogP contribution < -0.4 is 0 Å². The molecule has 0 heterocycles. The van der Waals surface area contributed by atoms with Gasteiger partial charge in [-0.3, -0.25) is 0 Å². The Bertz CT molecular complexity index is 381. The molecule has 0 saturated heterocycles. The van der Waals surface area contributed by atoms with Gasteiger partial charge in [0.15, 0.2) is 0 Å². The monoisotopic (exact) mass is 228 g/mol. The highest BCUT2D eigenvalue weighted by Crippen LogP contribution is 2.03. The maximum Gasteiger partial charge on any atom is 0.0730 e. The van der Waals surface area contributed by atoms with E-state index >= 15 is 0 Å². The second kappa shape index (κ2) is 8.61. The molecule has 1 atom stereocenters. The summed E-state index contributed by atoms with van der Waals surface area (Å²) in [5, 5.41) is 9.62. The highest BCUT2D eigenvalue weighted by Gasteiger charge is 1.96. The zero-order chi connectivity index (χ0) is 12.3. The van der Waals surface area contributed by atoms with Gasteiger partial charge in [0, 0.05) is 5.56 Å². The molecule has 17 heavy (non-hydrogen) atoms. The van der Waals surface area contributed by atoms with Gasteiger partial charge in [-0.2, -0.15) is 0 Å². The number of hydrogen-bond donors (Lipinski definition) is 1. The van der Waals surface area contributed by atoms with Crippen LogP contribution in [0.25, 0.3) is 0 Å². The van der Waals surface area contributed by atoms with Gasteiger partial charge < -0.3 is 5.11 Å². The lowest BCUT2D eigenvalue weighted by Crippen LogP contribution is -2.00. The fraction of sp³-hybridized carbons (Fsp3) is 0.375. The Morgan fingerprint density at radius 1 is 1.24 bits per heavy atom. The summed E-state index contributed by atoms with van der Waals surface area (Å²) in [6, 6.07) is 9.84. The minimum Gasteiger partial charge on any atom is -0.389 e. The van der Waals surface area contributed by atoms with Crippen molar-refractivity contribution >= 4 is 0 Å². The first-order valence-corrected chi connectivity index (χ1v) is 6.24. The Hall–Kier alpha value is -1.52. The Kier molecular flexibility index (Phi) is 6.86. The summed E-state index contributed by atoms with van der Waals surface area (Å²) in [6.07, 6.45) is 7.43. The third-order valence-corrected chi connectivity index (χ3v) is 2.50. The second-order valence-electron chi connectivity index (χ2n) is 4.06.